The first kappa shape index (κ1) is 44.0. The minimum atomic E-state index is 0.442. The third-order valence-corrected chi connectivity index (χ3v) is 14.0. The lowest BCUT2D eigenvalue weighted by Gasteiger charge is -2.15. The van der Waals surface area contributed by atoms with Crippen molar-refractivity contribution in [1.29, 1.82) is 5.26 Å². The first-order chi connectivity index (χ1) is 37.6. The van der Waals surface area contributed by atoms with Crippen LogP contribution >= 0.6 is 0 Å². The van der Waals surface area contributed by atoms with Crippen LogP contribution in [0.2, 0.25) is 0 Å². The Morgan fingerprint density at radius 1 is 0.276 bits per heavy atom. The average Bonchev–Trinajstić information content (AvgIpc) is 4.12. The lowest BCUT2D eigenvalue weighted by atomic mass is 10.0. The molecule has 0 aliphatic rings. The highest BCUT2D eigenvalue weighted by Gasteiger charge is 2.23. The zero-order valence-corrected chi connectivity index (χ0v) is 40.7. The maximum absolute atomic E-state index is 10.5. The number of rotatable bonds is 9. The van der Waals surface area contributed by atoms with Crippen molar-refractivity contribution in [2.75, 3.05) is 0 Å². The van der Waals surface area contributed by atoms with Crippen molar-refractivity contribution in [1.82, 2.24) is 39.0 Å². The van der Waals surface area contributed by atoms with E-state index in [1.807, 2.05) is 140 Å². The first-order valence-electron chi connectivity index (χ1n) is 25.1. The molecule has 354 valence electrons. The minimum absolute atomic E-state index is 0.442. The number of hydrogen-bond donors (Lipinski definition) is 0. The highest BCUT2D eigenvalue weighted by molar-refractivity contribution is 6.12. The zero-order valence-electron chi connectivity index (χ0n) is 40.7. The van der Waals surface area contributed by atoms with E-state index in [1.165, 1.54) is 10.8 Å². The molecule has 0 spiro atoms. The summed E-state index contributed by atoms with van der Waals surface area (Å²) < 4.78 is 4.61. The van der Waals surface area contributed by atoms with Crippen molar-refractivity contribution in [3.05, 3.63) is 254 Å². The van der Waals surface area contributed by atoms with Crippen molar-refractivity contribution in [2.45, 2.75) is 0 Å². The van der Waals surface area contributed by atoms with Crippen LogP contribution in [0.15, 0.2) is 249 Å². The van der Waals surface area contributed by atoms with E-state index in [4.69, 9.17) is 29.9 Å². The second kappa shape index (κ2) is 18.4. The van der Waals surface area contributed by atoms with Gasteiger partial charge in [0.25, 0.3) is 0 Å². The van der Waals surface area contributed by atoms with Gasteiger partial charge >= 0.3 is 0 Å². The largest absolute Gasteiger partial charge is 0.309 e. The quantitative estimate of drug-likeness (QED) is 0.142. The normalized spacial score (nSPS) is 11.4. The fourth-order valence-electron chi connectivity index (χ4n) is 10.5. The molecule has 14 rings (SSSR count). The summed E-state index contributed by atoms with van der Waals surface area (Å²) in [5.74, 6) is 3.22. The molecule has 0 atom stereocenters. The molecule has 0 amide bonds. The van der Waals surface area contributed by atoms with Crippen molar-refractivity contribution in [3.63, 3.8) is 0 Å². The predicted molar refractivity (Wildman–Crippen MR) is 305 cm³/mol. The van der Waals surface area contributed by atoms with Crippen LogP contribution in [-0.2, 0) is 0 Å². The van der Waals surface area contributed by atoms with Gasteiger partial charge in [-0.1, -0.05) is 176 Å². The minimum Gasteiger partial charge on any atom is -0.309 e. The second-order valence-electron chi connectivity index (χ2n) is 18.6. The molecule has 4 heterocycles. The van der Waals surface area contributed by atoms with Gasteiger partial charge in [0.1, 0.15) is 0 Å². The molecule has 0 aliphatic carbocycles. The van der Waals surface area contributed by atoms with Gasteiger partial charge in [0, 0.05) is 60.6 Å². The van der Waals surface area contributed by atoms with Crippen molar-refractivity contribution in [2.24, 2.45) is 0 Å². The number of fused-ring (bicyclic) bond motifs is 6. The molecule has 76 heavy (non-hydrogen) atoms. The molecule has 10 aromatic carbocycles. The molecule has 0 fully saturated rings. The van der Waals surface area contributed by atoms with Crippen molar-refractivity contribution >= 4 is 43.6 Å². The van der Waals surface area contributed by atoms with Crippen LogP contribution in [-0.4, -0.2) is 39.0 Å². The van der Waals surface area contributed by atoms with Gasteiger partial charge in [0.15, 0.2) is 34.9 Å². The second-order valence-corrected chi connectivity index (χ2v) is 18.6. The van der Waals surface area contributed by atoms with Gasteiger partial charge in [0.05, 0.1) is 39.4 Å². The summed E-state index contributed by atoms with van der Waals surface area (Å²) in [6.07, 6.45) is 0. The maximum atomic E-state index is 10.5. The Morgan fingerprint density at radius 2 is 0.671 bits per heavy atom. The van der Waals surface area contributed by atoms with E-state index < -0.39 is 0 Å². The fraction of sp³-hybridized carbons (Fsp3) is 0. The third kappa shape index (κ3) is 7.73. The van der Waals surface area contributed by atoms with Crippen LogP contribution < -0.4 is 0 Å². The summed E-state index contributed by atoms with van der Waals surface area (Å²) in [6, 6.07) is 87.1. The summed E-state index contributed by atoms with van der Waals surface area (Å²) in [6.45, 7) is 0. The highest BCUT2D eigenvalue weighted by atomic mass is 15.1. The zero-order chi connectivity index (χ0) is 50.5. The summed E-state index contributed by atoms with van der Waals surface area (Å²) >= 11 is 0. The molecule has 9 nitrogen and oxygen atoms in total. The molecule has 14 aromatic rings. The van der Waals surface area contributed by atoms with Crippen LogP contribution in [0.25, 0.3) is 134 Å². The molecular weight excluding hydrogens is 931 g/mol. The average molecular weight is 972 g/mol. The third-order valence-electron chi connectivity index (χ3n) is 14.0. The number of hydrogen-bond acceptors (Lipinski definition) is 7. The van der Waals surface area contributed by atoms with Gasteiger partial charge in [-0.05, 0) is 83.9 Å². The van der Waals surface area contributed by atoms with Crippen LogP contribution in [0, 0.1) is 11.3 Å². The number of aromatic nitrogens is 8. The number of nitrogens with zero attached hydrogens (tertiary/aromatic N) is 9. The van der Waals surface area contributed by atoms with Gasteiger partial charge in [-0.25, -0.2) is 29.9 Å². The molecule has 0 aliphatic heterocycles. The number of benzene rings is 10. The van der Waals surface area contributed by atoms with E-state index in [2.05, 4.69) is 124 Å². The van der Waals surface area contributed by atoms with E-state index in [9.17, 15) is 5.26 Å². The monoisotopic (exact) mass is 971 g/mol. The van der Waals surface area contributed by atoms with E-state index in [0.717, 1.165) is 83.2 Å². The van der Waals surface area contributed by atoms with E-state index in [0.29, 0.717) is 46.1 Å². The standard InChI is InChI=1S/C67H41N9/c68-42-43-32-35-61(56(38-43)67-73-64(46-22-9-3-10-23-46)70-65(74-67)47-24-11-4-12-25-47)76-59-36-33-49(48-26-17-27-51(39-48)75-57-30-15-13-28-52(57)53-29-14-16-31-58(53)75)40-54(59)55-41-50(34-37-60(55)76)66-71-62(44-18-5-1-6-19-44)69-63(72-66)45-20-7-2-8-21-45/h1-41H. The van der Waals surface area contributed by atoms with E-state index in [1.54, 1.807) is 0 Å². The summed E-state index contributed by atoms with van der Waals surface area (Å²) in [5.41, 5.74) is 13.7. The van der Waals surface area contributed by atoms with Crippen LogP contribution in [0.4, 0.5) is 0 Å². The van der Waals surface area contributed by atoms with Crippen LogP contribution in [0.1, 0.15) is 5.56 Å². The Morgan fingerprint density at radius 3 is 1.17 bits per heavy atom. The summed E-state index contributed by atoms with van der Waals surface area (Å²) in [5, 5.41) is 14.9. The Labute approximate surface area is 437 Å². The predicted octanol–water partition coefficient (Wildman–Crippen LogP) is 15.8. The van der Waals surface area contributed by atoms with Gasteiger partial charge in [-0.15, -0.1) is 0 Å². The maximum Gasteiger partial charge on any atom is 0.166 e. The smallest absolute Gasteiger partial charge is 0.166 e. The molecule has 0 saturated carbocycles. The van der Waals surface area contributed by atoms with Gasteiger partial charge in [-0.2, -0.15) is 5.26 Å². The Balaban J connectivity index is 1.01. The number of para-hydroxylation sites is 2. The summed E-state index contributed by atoms with van der Waals surface area (Å²) in [4.78, 5) is 30.6. The Kier molecular flexibility index (Phi) is 10.7. The molecule has 9 heteroatoms. The summed E-state index contributed by atoms with van der Waals surface area (Å²) in [7, 11) is 0. The molecular formula is C67H41N9. The van der Waals surface area contributed by atoms with Gasteiger partial charge < -0.3 is 9.13 Å². The Hall–Kier alpha value is -10.7. The molecule has 0 radical (unpaired) electrons. The molecule has 0 bridgehead atoms. The van der Waals surface area contributed by atoms with Crippen LogP contribution in [0.3, 0.4) is 0 Å². The molecule has 4 aromatic heterocycles. The van der Waals surface area contributed by atoms with Crippen molar-refractivity contribution in [3.8, 4) is 96.9 Å². The van der Waals surface area contributed by atoms with Crippen LogP contribution in [0.5, 0.6) is 0 Å². The van der Waals surface area contributed by atoms with Gasteiger partial charge in [-0.3, -0.25) is 0 Å². The first-order valence-corrected chi connectivity index (χ1v) is 25.1. The van der Waals surface area contributed by atoms with Gasteiger partial charge in [0.2, 0.25) is 0 Å². The van der Waals surface area contributed by atoms with E-state index >= 15 is 0 Å². The lowest BCUT2D eigenvalue weighted by Crippen LogP contribution is -2.04. The lowest BCUT2D eigenvalue weighted by molar-refractivity contribution is 1.06. The molecule has 0 saturated heterocycles. The molecule has 0 unspecified atom stereocenters. The topological polar surface area (TPSA) is 111 Å². The van der Waals surface area contributed by atoms with E-state index in [-0.39, 0.29) is 0 Å². The van der Waals surface area contributed by atoms with Crippen molar-refractivity contribution < 1.29 is 0 Å². The fourth-order valence-corrected chi connectivity index (χ4v) is 10.5. The SMILES string of the molecule is N#Cc1ccc(-n2c3ccc(-c4cccc(-n5c6ccccc6c6ccccc65)c4)cc3c3cc(-c4nc(-c5ccccc5)nc(-c5ccccc5)n4)ccc32)c(-c2nc(-c3ccccc3)nc(-c3ccccc3)n2)c1. The molecule has 0 N–H and O–H groups in total. The number of nitriles is 1. The highest BCUT2D eigenvalue weighted by Crippen LogP contribution is 2.41. The Bertz CT molecular complexity index is 4410.